The third-order valence-corrected chi connectivity index (χ3v) is 1.85. The lowest BCUT2D eigenvalue weighted by molar-refractivity contribution is 0.248. The molecular formula is C11H17NO2. The van der Waals surface area contributed by atoms with Crippen molar-refractivity contribution in [2.75, 3.05) is 19.8 Å². The zero-order chi connectivity index (χ0) is 10.2. The molecular weight excluding hydrogens is 178 g/mol. The molecule has 78 valence electrons. The van der Waals surface area contributed by atoms with Crippen molar-refractivity contribution < 1.29 is 9.84 Å². The van der Waals surface area contributed by atoms with E-state index >= 15 is 0 Å². The van der Waals surface area contributed by atoms with Crippen LogP contribution < -0.4 is 10.1 Å². The highest BCUT2D eigenvalue weighted by molar-refractivity contribution is 5.20. The van der Waals surface area contributed by atoms with Crippen LogP contribution in [0.15, 0.2) is 30.3 Å². The lowest BCUT2D eigenvalue weighted by Crippen LogP contribution is -2.33. The van der Waals surface area contributed by atoms with E-state index in [0.717, 1.165) is 5.75 Å². The number of aliphatic hydroxyl groups is 1. The third-order valence-electron chi connectivity index (χ3n) is 1.85. The average Bonchev–Trinajstić information content (AvgIpc) is 2.25. The molecule has 0 saturated carbocycles. The Bertz CT molecular complexity index is 238. The van der Waals surface area contributed by atoms with Gasteiger partial charge in [0.1, 0.15) is 12.4 Å². The lowest BCUT2D eigenvalue weighted by atomic mass is 10.3. The first-order valence-corrected chi connectivity index (χ1v) is 4.85. The molecule has 0 heterocycles. The molecule has 0 aliphatic rings. The number of aliphatic hydroxyl groups excluding tert-OH is 1. The van der Waals surface area contributed by atoms with Crippen LogP contribution in [-0.2, 0) is 0 Å². The van der Waals surface area contributed by atoms with Gasteiger partial charge in [0, 0.05) is 12.6 Å². The van der Waals surface area contributed by atoms with E-state index in [9.17, 15) is 0 Å². The number of para-hydroxylation sites is 1. The zero-order valence-electron chi connectivity index (χ0n) is 8.44. The maximum absolute atomic E-state index is 8.60. The van der Waals surface area contributed by atoms with Crippen LogP contribution in [-0.4, -0.2) is 30.9 Å². The SMILES string of the molecule is C[C@@H](COc1ccccc1)NCCO. The molecule has 3 heteroatoms. The van der Waals surface area contributed by atoms with Crippen molar-refractivity contribution >= 4 is 0 Å². The summed E-state index contributed by atoms with van der Waals surface area (Å²) < 4.78 is 5.52. The second-order valence-electron chi connectivity index (χ2n) is 3.20. The van der Waals surface area contributed by atoms with E-state index in [4.69, 9.17) is 9.84 Å². The Morgan fingerprint density at radius 3 is 2.71 bits per heavy atom. The van der Waals surface area contributed by atoms with Gasteiger partial charge in [-0.05, 0) is 19.1 Å². The van der Waals surface area contributed by atoms with E-state index in [0.29, 0.717) is 13.2 Å². The van der Waals surface area contributed by atoms with Gasteiger partial charge in [0.15, 0.2) is 0 Å². The number of ether oxygens (including phenoxy) is 1. The number of rotatable bonds is 6. The van der Waals surface area contributed by atoms with Crippen molar-refractivity contribution in [3.05, 3.63) is 30.3 Å². The highest BCUT2D eigenvalue weighted by atomic mass is 16.5. The van der Waals surface area contributed by atoms with Crippen LogP contribution in [0.5, 0.6) is 5.75 Å². The lowest BCUT2D eigenvalue weighted by Gasteiger charge is -2.13. The minimum atomic E-state index is 0.162. The van der Waals surface area contributed by atoms with Crippen LogP contribution in [0, 0.1) is 0 Å². The van der Waals surface area contributed by atoms with Crippen LogP contribution >= 0.6 is 0 Å². The van der Waals surface area contributed by atoms with Crippen LogP contribution in [0.2, 0.25) is 0 Å². The van der Waals surface area contributed by atoms with Gasteiger partial charge < -0.3 is 15.2 Å². The van der Waals surface area contributed by atoms with Crippen LogP contribution in [0.4, 0.5) is 0 Å². The summed E-state index contributed by atoms with van der Waals surface area (Å²) in [5, 5.41) is 11.7. The summed E-state index contributed by atoms with van der Waals surface area (Å²) in [4.78, 5) is 0. The van der Waals surface area contributed by atoms with Crippen molar-refractivity contribution in [1.82, 2.24) is 5.32 Å². The zero-order valence-corrected chi connectivity index (χ0v) is 8.44. The molecule has 1 rings (SSSR count). The molecule has 0 fully saturated rings. The molecule has 0 amide bonds. The molecule has 0 aromatic heterocycles. The predicted molar refractivity (Wildman–Crippen MR) is 56.5 cm³/mol. The normalized spacial score (nSPS) is 12.4. The fraction of sp³-hybridized carbons (Fsp3) is 0.455. The summed E-state index contributed by atoms with van der Waals surface area (Å²) in [7, 11) is 0. The van der Waals surface area contributed by atoms with Crippen LogP contribution in [0.1, 0.15) is 6.92 Å². The highest BCUT2D eigenvalue weighted by Gasteiger charge is 2.00. The first-order valence-electron chi connectivity index (χ1n) is 4.85. The summed E-state index contributed by atoms with van der Waals surface area (Å²) >= 11 is 0. The van der Waals surface area contributed by atoms with E-state index in [1.54, 1.807) is 0 Å². The maximum Gasteiger partial charge on any atom is 0.119 e. The molecule has 3 nitrogen and oxygen atoms in total. The van der Waals surface area contributed by atoms with Crippen LogP contribution in [0.3, 0.4) is 0 Å². The summed E-state index contributed by atoms with van der Waals surface area (Å²) in [6.45, 7) is 3.41. The maximum atomic E-state index is 8.60. The highest BCUT2D eigenvalue weighted by Crippen LogP contribution is 2.08. The standard InChI is InChI=1S/C11H17NO2/c1-10(12-7-8-13)9-14-11-5-3-2-4-6-11/h2-6,10,12-13H,7-9H2,1H3/t10-/m0/s1. The first kappa shape index (κ1) is 11.0. The van der Waals surface area contributed by atoms with Crippen molar-refractivity contribution in [2.45, 2.75) is 13.0 Å². The minimum Gasteiger partial charge on any atom is -0.492 e. The first-order chi connectivity index (χ1) is 6.83. The average molecular weight is 195 g/mol. The van der Waals surface area contributed by atoms with Gasteiger partial charge in [-0.25, -0.2) is 0 Å². The van der Waals surface area contributed by atoms with Crippen molar-refractivity contribution in [2.24, 2.45) is 0 Å². The molecule has 0 unspecified atom stereocenters. The second kappa shape index (κ2) is 6.40. The summed E-state index contributed by atoms with van der Waals surface area (Å²) in [5.41, 5.74) is 0. The Morgan fingerprint density at radius 2 is 2.07 bits per heavy atom. The van der Waals surface area contributed by atoms with E-state index in [-0.39, 0.29) is 12.6 Å². The Morgan fingerprint density at radius 1 is 1.36 bits per heavy atom. The number of hydrogen-bond acceptors (Lipinski definition) is 3. The minimum absolute atomic E-state index is 0.162. The van der Waals surface area contributed by atoms with Crippen molar-refractivity contribution in [1.29, 1.82) is 0 Å². The quantitative estimate of drug-likeness (QED) is 0.712. The van der Waals surface area contributed by atoms with Gasteiger partial charge in [0.05, 0.1) is 6.61 Å². The Balaban J connectivity index is 2.20. The molecule has 1 aromatic rings. The molecule has 0 aliphatic heterocycles. The Labute approximate surface area is 84.7 Å². The smallest absolute Gasteiger partial charge is 0.119 e. The third kappa shape index (κ3) is 4.25. The second-order valence-corrected chi connectivity index (χ2v) is 3.20. The van der Waals surface area contributed by atoms with Gasteiger partial charge in [0.25, 0.3) is 0 Å². The van der Waals surface area contributed by atoms with Gasteiger partial charge >= 0.3 is 0 Å². The van der Waals surface area contributed by atoms with Crippen molar-refractivity contribution in [3.8, 4) is 5.75 Å². The predicted octanol–water partition coefficient (Wildman–Crippen LogP) is 1.04. The number of benzene rings is 1. The van der Waals surface area contributed by atoms with Gasteiger partial charge in [-0.3, -0.25) is 0 Å². The fourth-order valence-corrected chi connectivity index (χ4v) is 1.11. The molecule has 14 heavy (non-hydrogen) atoms. The summed E-state index contributed by atoms with van der Waals surface area (Å²) in [6, 6.07) is 9.96. The molecule has 1 atom stereocenters. The monoisotopic (exact) mass is 195 g/mol. The largest absolute Gasteiger partial charge is 0.492 e. The van der Waals surface area contributed by atoms with E-state index in [1.165, 1.54) is 0 Å². The summed E-state index contributed by atoms with van der Waals surface area (Å²) in [6.07, 6.45) is 0. The topological polar surface area (TPSA) is 41.5 Å². The molecule has 0 aliphatic carbocycles. The molecule has 0 saturated heterocycles. The number of hydrogen-bond donors (Lipinski definition) is 2. The number of nitrogens with one attached hydrogen (secondary N) is 1. The Hall–Kier alpha value is -1.06. The molecule has 0 radical (unpaired) electrons. The van der Waals surface area contributed by atoms with Gasteiger partial charge in [-0.2, -0.15) is 0 Å². The van der Waals surface area contributed by atoms with E-state index in [2.05, 4.69) is 5.32 Å². The Kier molecular flexibility index (Phi) is 5.04. The molecule has 0 bridgehead atoms. The van der Waals surface area contributed by atoms with Crippen molar-refractivity contribution in [3.63, 3.8) is 0 Å². The molecule has 2 N–H and O–H groups in total. The van der Waals surface area contributed by atoms with E-state index in [1.807, 2.05) is 37.3 Å². The molecule has 0 spiro atoms. The fourth-order valence-electron chi connectivity index (χ4n) is 1.11. The van der Waals surface area contributed by atoms with Gasteiger partial charge in [0.2, 0.25) is 0 Å². The van der Waals surface area contributed by atoms with Crippen LogP contribution in [0.25, 0.3) is 0 Å². The summed E-state index contributed by atoms with van der Waals surface area (Å²) in [5.74, 6) is 0.880. The van der Waals surface area contributed by atoms with Gasteiger partial charge in [-0.15, -0.1) is 0 Å². The molecule has 1 aromatic carbocycles. The van der Waals surface area contributed by atoms with Gasteiger partial charge in [-0.1, -0.05) is 18.2 Å². The van der Waals surface area contributed by atoms with E-state index < -0.39 is 0 Å².